The van der Waals surface area contributed by atoms with Crippen molar-refractivity contribution in [1.29, 1.82) is 0 Å². The molecule has 1 spiro atoms. The van der Waals surface area contributed by atoms with Crippen molar-refractivity contribution in [1.82, 2.24) is 19.9 Å². The van der Waals surface area contributed by atoms with Crippen molar-refractivity contribution in [3.63, 3.8) is 0 Å². The van der Waals surface area contributed by atoms with Gasteiger partial charge in [0.25, 0.3) is 0 Å². The van der Waals surface area contributed by atoms with Gasteiger partial charge in [0.1, 0.15) is 22.7 Å². The molecule has 13 rings (SSSR count). The molecule has 8 aromatic carbocycles. The number of hydrogen-bond donors (Lipinski definition) is 0. The first-order chi connectivity index (χ1) is 31.2. The quantitative estimate of drug-likeness (QED) is 0.176. The largest absolute Gasteiger partial charge is 0.457 e. The van der Waals surface area contributed by atoms with Crippen LogP contribution in [0.3, 0.4) is 0 Å². The van der Waals surface area contributed by atoms with E-state index in [-0.39, 0.29) is 0 Å². The topological polar surface area (TPSA) is 73.9 Å². The van der Waals surface area contributed by atoms with Gasteiger partial charge in [-0.3, -0.25) is 0 Å². The first-order valence-electron chi connectivity index (χ1n) is 21.1. The number of fused-ring (bicyclic) bond motifs is 14. The number of furan rings is 1. The van der Waals surface area contributed by atoms with Gasteiger partial charge in [-0.2, -0.15) is 0 Å². The van der Waals surface area contributed by atoms with Crippen LogP contribution in [0.4, 0.5) is 0 Å². The molecule has 0 saturated carbocycles. The Morgan fingerprint density at radius 3 is 1.71 bits per heavy atom. The lowest BCUT2D eigenvalue weighted by atomic mass is 9.62. The van der Waals surface area contributed by atoms with Crippen LogP contribution in [0.5, 0.6) is 11.5 Å². The van der Waals surface area contributed by atoms with Gasteiger partial charge < -0.3 is 9.15 Å². The van der Waals surface area contributed by atoms with E-state index in [0.29, 0.717) is 11.6 Å². The Labute approximate surface area is 362 Å². The lowest BCUT2D eigenvalue weighted by molar-refractivity contribution is 0.435. The summed E-state index contributed by atoms with van der Waals surface area (Å²) in [6, 6.07) is 67.7. The minimum Gasteiger partial charge on any atom is -0.457 e. The summed E-state index contributed by atoms with van der Waals surface area (Å²) < 4.78 is 13.6. The maximum Gasteiger partial charge on any atom is 0.160 e. The van der Waals surface area contributed by atoms with Crippen molar-refractivity contribution < 1.29 is 9.15 Å². The molecule has 3 aromatic heterocycles. The number of nitrogens with zero attached hydrogens (tertiary/aromatic N) is 4. The Balaban J connectivity index is 1.11. The van der Waals surface area contributed by atoms with Gasteiger partial charge in [0.05, 0.1) is 16.8 Å². The predicted octanol–water partition coefficient (Wildman–Crippen LogP) is 14.0. The fourth-order valence-corrected chi connectivity index (χ4v) is 9.89. The molecular weight excluding hydrogens is 773 g/mol. The van der Waals surface area contributed by atoms with Crippen LogP contribution in [-0.4, -0.2) is 19.9 Å². The number of aromatic nitrogens is 4. The maximum absolute atomic E-state index is 6.99. The number of hydrogen-bond acceptors (Lipinski definition) is 6. The monoisotopic (exact) mass is 806 g/mol. The zero-order chi connectivity index (χ0) is 41.5. The van der Waals surface area contributed by atoms with Crippen LogP contribution in [0.2, 0.25) is 0 Å². The minimum atomic E-state index is -0.850. The van der Waals surface area contributed by atoms with Gasteiger partial charge in [0.15, 0.2) is 11.6 Å². The number of benzene rings is 8. The molecule has 0 amide bonds. The summed E-state index contributed by atoms with van der Waals surface area (Å²) >= 11 is 0. The summed E-state index contributed by atoms with van der Waals surface area (Å²) in [5.74, 6) is 2.87. The van der Waals surface area contributed by atoms with Gasteiger partial charge in [0.2, 0.25) is 0 Å². The summed E-state index contributed by atoms with van der Waals surface area (Å²) in [4.78, 5) is 20.0. The van der Waals surface area contributed by atoms with E-state index in [2.05, 4.69) is 121 Å². The fraction of sp³-hybridized carbons (Fsp3) is 0.0175. The highest BCUT2D eigenvalue weighted by atomic mass is 16.5. The maximum atomic E-state index is 6.99. The second-order valence-electron chi connectivity index (χ2n) is 16.1. The zero-order valence-electron chi connectivity index (χ0n) is 33.7. The van der Waals surface area contributed by atoms with E-state index in [0.717, 1.165) is 106 Å². The molecule has 6 nitrogen and oxygen atoms in total. The normalized spacial score (nSPS) is 14.5. The molecule has 0 fully saturated rings. The van der Waals surface area contributed by atoms with Crippen molar-refractivity contribution in [2.24, 2.45) is 0 Å². The first kappa shape index (κ1) is 35.3. The molecule has 1 aliphatic carbocycles. The summed E-state index contributed by atoms with van der Waals surface area (Å²) in [6.07, 6.45) is 3.70. The summed E-state index contributed by atoms with van der Waals surface area (Å²) in [7, 11) is 0. The average molecular weight is 807 g/mol. The number of rotatable bonds is 4. The van der Waals surface area contributed by atoms with E-state index in [9.17, 15) is 0 Å². The van der Waals surface area contributed by atoms with Crippen molar-refractivity contribution >= 4 is 21.9 Å². The Hall–Kier alpha value is -8.48. The van der Waals surface area contributed by atoms with E-state index < -0.39 is 5.41 Å². The number of ether oxygens (including phenoxy) is 1. The molecule has 0 radical (unpaired) electrons. The predicted molar refractivity (Wildman–Crippen MR) is 249 cm³/mol. The van der Waals surface area contributed by atoms with Crippen molar-refractivity contribution in [3.8, 4) is 79.0 Å². The van der Waals surface area contributed by atoms with Crippen LogP contribution < -0.4 is 4.74 Å². The molecule has 0 bridgehead atoms. The van der Waals surface area contributed by atoms with E-state index in [1.165, 1.54) is 5.56 Å². The SMILES string of the molecule is c1ccc(-c2ncc(-c3cc(-c4ccc5c(c4)C4(c6ccccc6Oc6cc7c(cc64)oc4ccccc47)c4ccccc4-c4ccccc4-5)nc(-c4ccccc4)n3)cn2)cc1. The first-order valence-corrected chi connectivity index (χ1v) is 21.1. The van der Waals surface area contributed by atoms with Crippen LogP contribution in [0.15, 0.2) is 211 Å². The van der Waals surface area contributed by atoms with Crippen molar-refractivity contribution in [3.05, 3.63) is 229 Å². The molecule has 1 unspecified atom stereocenters. The lowest BCUT2D eigenvalue weighted by Gasteiger charge is -2.42. The highest BCUT2D eigenvalue weighted by Gasteiger charge is 2.49. The fourth-order valence-electron chi connectivity index (χ4n) is 9.89. The van der Waals surface area contributed by atoms with Gasteiger partial charge >= 0.3 is 0 Å². The summed E-state index contributed by atoms with van der Waals surface area (Å²) in [6.45, 7) is 0. The molecule has 1 atom stereocenters. The third-order valence-corrected chi connectivity index (χ3v) is 12.7. The molecule has 0 N–H and O–H groups in total. The second kappa shape index (κ2) is 13.8. The molecular formula is C57H34N4O2. The van der Waals surface area contributed by atoms with Gasteiger partial charge in [-0.25, -0.2) is 19.9 Å². The molecule has 6 heteroatoms. The van der Waals surface area contributed by atoms with Crippen LogP contribution in [0, 0.1) is 0 Å². The van der Waals surface area contributed by atoms with E-state index in [1.807, 2.05) is 85.2 Å². The van der Waals surface area contributed by atoms with Crippen molar-refractivity contribution in [2.45, 2.75) is 5.41 Å². The molecule has 294 valence electrons. The highest BCUT2D eigenvalue weighted by molar-refractivity contribution is 6.06. The van der Waals surface area contributed by atoms with Crippen molar-refractivity contribution in [2.75, 3.05) is 0 Å². The third kappa shape index (κ3) is 5.38. The summed E-state index contributed by atoms with van der Waals surface area (Å²) in [5, 5.41) is 2.07. The molecule has 1 aliphatic heterocycles. The second-order valence-corrected chi connectivity index (χ2v) is 16.1. The van der Waals surface area contributed by atoms with Gasteiger partial charge in [-0.15, -0.1) is 0 Å². The Morgan fingerprint density at radius 2 is 0.952 bits per heavy atom. The van der Waals surface area contributed by atoms with Gasteiger partial charge in [-0.05, 0) is 69.8 Å². The Bertz CT molecular complexity index is 3600. The highest BCUT2D eigenvalue weighted by Crippen LogP contribution is 2.62. The van der Waals surface area contributed by atoms with Crippen LogP contribution in [0.1, 0.15) is 22.3 Å². The smallest absolute Gasteiger partial charge is 0.160 e. The minimum absolute atomic E-state index is 0.615. The Kier molecular flexibility index (Phi) is 7.72. The zero-order valence-corrected chi connectivity index (χ0v) is 33.7. The van der Waals surface area contributed by atoms with Gasteiger partial charge in [-0.1, -0.05) is 158 Å². The molecule has 11 aromatic rings. The third-order valence-electron chi connectivity index (χ3n) is 12.7. The van der Waals surface area contributed by atoms with Crippen LogP contribution in [0.25, 0.3) is 89.5 Å². The van der Waals surface area contributed by atoms with E-state index in [1.54, 1.807) is 0 Å². The van der Waals surface area contributed by atoms with Crippen LogP contribution >= 0.6 is 0 Å². The standard InChI is InChI=1S/C57H34N4O2/c1-3-15-35(16-4-1)55-58-33-38(34-59-55)50-32-49(60-56(61-50)36-17-5-2-6-18-36)37-27-28-42-40-20-8-7-19-39(40)41-21-9-11-23-45(41)57(47(42)29-37)46-24-12-14-26-52(46)63-54-30-44-43-22-10-13-25-51(43)62-53(44)31-48(54)57/h1-34H. The van der Waals surface area contributed by atoms with E-state index in [4.69, 9.17) is 29.1 Å². The summed E-state index contributed by atoms with van der Waals surface area (Å²) in [5.41, 5.74) is 14.9. The molecule has 4 heterocycles. The van der Waals surface area contributed by atoms with E-state index >= 15 is 0 Å². The lowest BCUT2D eigenvalue weighted by Crippen LogP contribution is -2.34. The molecule has 0 saturated heterocycles. The number of para-hydroxylation sites is 2. The molecule has 2 aliphatic rings. The van der Waals surface area contributed by atoms with Crippen LogP contribution in [-0.2, 0) is 5.41 Å². The average Bonchev–Trinajstić information content (AvgIpc) is 3.68. The Morgan fingerprint density at radius 1 is 0.349 bits per heavy atom. The van der Waals surface area contributed by atoms with Gasteiger partial charge in [0, 0.05) is 56.5 Å². The molecule has 63 heavy (non-hydrogen) atoms.